The Morgan fingerprint density at radius 1 is 1.17 bits per heavy atom. The molecule has 0 bridgehead atoms. The number of carbonyl (C=O) groups excluding carboxylic acids is 2. The van der Waals surface area contributed by atoms with E-state index in [-0.39, 0.29) is 23.8 Å². The molecule has 5 heteroatoms. The van der Waals surface area contributed by atoms with Gasteiger partial charge in [0.05, 0.1) is 6.54 Å². The first kappa shape index (κ1) is 13.3. The molecule has 2 saturated carbocycles. The van der Waals surface area contributed by atoms with E-state index in [4.69, 9.17) is 5.73 Å². The van der Waals surface area contributed by atoms with Crippen molar-refractivity contribution in [2.75, 3.05) is 13.1 Å². The summed E-state index contributed by atoms with van der Waals surface area (Å²) in [7, 11) is 0. The van der Waals surface area contributed by atoms with Crippen LogP contribution in [0.2, 0.25) is 0 Å². The maximum atomic E-state index is 11.7. The molecule has 4 N–H and O–H groups in total. The van der Waals surface area contributed by atoms with Crippen molar-refractivity contribution in [1.82, 2.24) is 10.6 Å². The normalized spacial score (nSPS) is 27.8. The zero-order valence-corrected chi connectivity index (χ0v) is 10.8. The number of carbonyl (C=O) groups is 2. The molecule has 18 heavy (non-hydrogen) atoms. The average molecular weight is 253 g/mol. The summed E-state index contributed by atoms with van der Waals surface area (Å²) in [4.78, 5) is 22.8. The van der Waals surface area contributed by atoms with Gasteiger partial charge < -0.3 is 16.4 Å². The highest BCUT2D eigenvalue weighted by molar-refractivity contribution is 5.79. The SMILES string of the molecule is NC(=O)C1CCCC(NC(=O)CNCC2CC2)C1. The Morgan fingerprint density at radius 3 is 2.61 bits per heavy atom. The Kier molecular flexibility index (Phi) is 4.58. The minimum absolute atomic E-state index is 0.0331. The van der Waals surface area contributed by atoms with E-state index in [1.807, 2.05) is 0 Å². The second-order valence-electron chi connectivity index (χ2n) is 5.60. The second-order valence-corrected chi connectivity index (χ2v) is 5.60. The van der Waals surface area contributed by atoms with E-state index in [2.05, 4.69) is 10.6 Å². The van der Waals surface area contributed by atoms with Crippen LogP contribution >= 0.6 is 0 Å². The number of nitrogens with two attached hydrogens (primary N) is 1. The van der Waals surface area contributed by atoms with Crippen molar-refractivity contribution >= 4 is 11.8 Å². The quantitative estimate of drug-likeness (QED) is 0.630. The van der Waals surface area contributed by atoms with Gasteiger partial charge in [0, 0.05) is 12.0 Å². The lowest BCUT2D eigenvalue weighted by Gasteiger charge is -2.27. The van der Waals surface area contributed by atoms with Gasteiger partial charge in [-0.1, -0.05) is 6.42 Å². The smallest absolute Gasteiger partial charge is 0.234 e. The van der Waals surface area contributed by atoms with Crippen molar-refractivity contribution in [2.24, 2.45) is 17.6 Å². The number of hydrogen-bond donors (Lipinski definition) is 3. The van der Waals surface area contributed by atoms with Gasteiger partial charge in [0.1, 0.15) is 0 Å². The number of primary amides is 1. The molecule has 0 saturated heterocycles. The van der Waals surface area contributed by atoms with E-state index >= 15 is 0 Å². The Bertz CT molecular complexity index is 315. The number of hydrogen-bond acceptors (Lipinski definition) is 3. The first-order valence-corrected chi connectivity index (χ1v) is 6.94. The summed E-state index contributed by atoms with van der Waals surface area (Å²) >= 11 is 0. The topological polar surface area (TPSA) is 84.2 Å². The average Bonchev–Trinajstić information content (AvgIpc) is 3.13. The first-order chi connectivity index (χ1) is 8.65. The third-order valence-electron chi connectivity index (χ3n) is 3.86. The summed E-state index contributed by atoms with van der Waals surface area (Å²) in [6.45, 7) is 1.33. The Hall–Kier alpha value is -1.10. The molecule has 0 radical (unpaired) electrons. The molecule has 0 spiro atoms. The Labute approximate surface area is 108 Å². The van der Waals surface area contributed by atoms with Crippen molar-refractivity contribution in [1.29, 1.82) is 0 Å². The van der Waals surface area contributed by atoms with Gasteiger partial charge in [-0.3, -0.25) is 9.59 Å². The maximum absolute atomic E-state index is 11.7. The summed E-state index contributed by atoms with van der Waals surface area (Å²) in [5.41, 5.74) is 5.32. The molecule has 0 aliphatic heterocycles. The van der Waals surface area contributed by atoms with Crippen molar-refractivity contribution < 1.29 is 9.59 Å². The van der Waals surface area contributed by atoms with Crippen LogP contribution in [0.25, 0.3) is 0 Å². The molecule has 2 rings (SSSR count). The fraction of sp³-hybridized carbons (Fsp3) is 0.846. The monoisotopic (exact) mass is 253 g/mol. The van der Waals surface area contributed by atoms with Crippen molar-refractivity contribution in [3.8, 4) is 0 Å². The number of amides is 2. The van der Waals surface area contributed by atoms with Gasteiger partial charge in [0.2, 0.25) is 11.8 Å². The molecule has 102 valence electrons. The lowest BCUT2D eigenvalue weighted by atomic mass is 9.85. The highest BCUT2D eigenvalue weighted by atomic mass is 16.2. The molecule has 2 unspecified atom stereocenters. The molecule has 0 heterocycles. The summed E-state index contributed by atoms with van der Waals surface area (Å²) in [5.74, 6) is 0.516. The fourth-order valence-electron chi connectivity index (χ4n) is 2.57. The van der Waals surface area contributed by atoms with Gasteiger partial charge in [-0.2, -0.15) is 0 Å². The zero-order chi connectivity index (χ0) is 13.0. The first-order valence-electron chi connectivity index (χ1n) is 6.94. The van der Waals surface area contributed by atoms with E-state index < -0.39 is 0 Å². The predicted molar refractivity (Wildman–Crippen MR) is 68.7 cm³/mol. The standard InChI is InChI=1S/C13H23N3O2/c14-13(18)10-2-1-3-11(6-10)16-12(17)8-15-7-9-4-5-9/h9-11,15H,1-8H2,(H2,14,18)(H,16,17). The van der Waals surface area contributed by atoms with E-state index in [1.165, 1.54) is 12.8 Å². The van der Waals surface area contributed by atoms with Crippen molar-refractivity contribution in [3.05, 3.63) is 0 Å². The summed E-state index contributed by atoms with van der Waals surface area (Å²) in [6.07, 6.45) is 6.06. The predicted octanol–water partition coefficient (Wildman–Crippen LogP) is 0.146. The van der Waals surface area contributed by atoms with Crippen LogP contribution in [-0.4, -0.2) is 30.9 Å². The van der Waals surface area contributed by atoms with Gasteiger partial charge in [-0.15, -0.1) is 0 Å². The van der Waals surface area contributed by atoms with Crippen LogP contribution < -0.4 is 16.4 Å². The fourth-order valence-corrected chi connectivity index (χ4v) is 2.57. The van der Waals surface area contributed by atoms with E-state index in [1.54, 1.807) is 0 Å². The van der Waals surface area contributed by atoms with Gasteiger partial charge in [-0.25, -0.2) is 0 Å². The van der Waals surface area contributed by atoms with E-state index in [0.717, 1.165) is 31.7 Å². The molecule has 2 fully saturated rings. The molecule has 2 atom stereocenters. The van der Waals surface area contributed by atoms with Crippen LogP contribution in [0.15, 0.2) is 0 Å². The number of rotatable bonds is 6. The molecule has 0 aromatic rings. The number of nitrogens with one attached hydrogen (secondary N) is 2. The van der Waals surface area contributed by atoms with Gasteiger partial charge in [0.15, 0.2) is 0 Å². The van der Waals surface area contributed by atoms with Crippen LogP contribution in [0.3, 0.4) is 0 Å². The van der Waals surface area contributed by atoms with E-state index in [0.29, 0.717) is 13.0 Å². The summed E-state index contributed by atoms with van der Waals surface area (Å²) in [6, 6.07) is 0.117. The van der Waals surface area contributed by atoms with Crippen LogP contribution in [0, 0.1) is 11.8 Å². The minimum atomic E-state index is -0.235. The molecule has 0 aromatic carbocycles. The summed E-state index contributed by atoms with van der Waals surface area (Å²) < 4.78 is 0. The van der Waals surface area contributed by atoms with Gasteiger partial charge >= 0.3 is 0 Å². The lowest BCUT2D eigenvalue weighted by molar-refractivity contribution is -0.125. The molecule has 0 aromatic heterocycles. The van der Waals surface area contributed by atoms with Crippen molar-refractivity contribution in [2.45, 2.75) is 44.6 Å². The minimum Gasteiger partial charge on any atom is -0.369 e. The summed E-state index contributed by atoms with van der Waals surface area (Å²) in [5, 5.41) is 6.16. The molecular formula is C13H23N3O2. The van der Waals surface area contributed by atoms with Gasteiger partial charge in [-0.05, 0) is 44.6 Å². The van der Waals surface area contributed by atoms with Crippen LogP contribution in [0.5, 0.6) is 0 Å². The molecule has 2 aliphatic carbocycles. The molecule has 5 nitrogen and oxygen atoms in total. The Morgan fingerprint density at radius 2 is 1.94 bits per heavy atom. The highest BCUT2D eigenvalue weighted by Gasteiger charge is 2.26. The van der Waals surface area contributed by atoms with Crippen LogP contribution in [-0.2, 0) is 9.59 Å². The lowest BCUT2D eigenvalue weighted by Crippen LogP contribution is -2.44. The third-order valence-corrected chi connectivity index (χ3v) is 3.86. The second kappa shape index (κ2) is 6.18. The largest absolute Gasteiger partial charge is 0.369 e. The molecular weight excluding hydrogens is 230 g/mol. The highest BCUT2D eigenvalue weighted by Crippen LogP contribution is 2.27. The molecule has 2 amide bonds. The molecule has 2 aliphatic rings. The van der Waals surface area contributed by atoms with Crippen LogP contribution in [0.1, 0.15) is 38.5 Å². The third kappa shape index (κ3) is 4.29. The van der Waals surface area contributed by atoms with Gasteiger partial charge in [0.25, 0.3) is 0 Å². The Balaban J connectivity index is 1.64. The van der Waals surface area contributed by atoms with Crippen LogP contribution in [0.4, 0.5) is 0 Å². The maximum Gasteiger partial charge on any atom is 0.234 e. The van der Waals surface area contributed by atoms with Crippen molar-refractivity contribution in [3.63, 3.8) is 0 Å². The zero-order valence-electron chi connectivity index (χ0n) is 10.8. The van der Waals surface area contributed by atoms with E-state index in [9.17, 15) is 9.59 Å².